The van der Waals surface area contributed by atoms with E-state index in [2.05, 4.69) is 11.8 Å². The largest absolute Gasteiger partial charge is 0.330 e. The third-order valence-corrected chi connectivity index (χ3v) is 4.84. The molecule has 16 heavy (non-hydrogen) atoms. The summed E-state index contributed by atoms with van der Waals surface area (Å²) in [5, 5.41) is 0. The van der Waals surface area contributed by atoms with Crippen LogP contribution in [0.4, 0.5) is 0 Å². The molecule has 1 saturated carbocycles. The molecule has 2 fully saturated rings. The summed E-state index contributed by atoms with van der Waals surface area (Å²) >= 11 is 0. The zero-order valence-electron chi connectivity index (χ0n) is 10.8. The quantitative estimate of drug-likeness (QED) is 0.795. The SMILES string of the molecule is CCC1CCCC1N1CCC(CCN)CC1. The number of hydrogen-bond donors (Lipinski definition) is 1. The van der Waals surface area contributed by atoms with Crippen molar-refractivity contribution in [3.8, 4) is 0 Å². The predicted octanol–water partition coefficient (Wildman–Crippen LogP) is 2.63. The van der Waals surface area contributed by atoms with Crippen LogP contribution in [0.2, 0.25) is 0 Å². The third-order valence-electron chi connectivity index (χ3n) is 4.84. The number of nitrogens with two attached hydrogens (primary N) is 1. The summed E-state index contributed by atoms with van der Waals surface area (Å²) < 4.78 is 0. The standard InChI is InChI=1S/C14H28N2/c1-2-13-4-3-5-14(13)16-10-7-12(6-9-15)8-11-16/h12-14H,2-11,15H2,1H3. The van der Waals surface area contributed by atoms with E-state index < -0.39 is 0 Å². The minimum absolute atomic E-state index is 0.881. The van der Waals surface area contributed by atoms with Crippen LogP contribution in [0.25, 0.3) is 0 Å². The molecule has 0 amide bonds. The minimum atomic E-state index is 0.881. The molecule has 2 aliphatic rings. The first-order valence-corrected chi connectivity index (χ1v) is 7.29. The molecular formula is C14H28N2. The van der Waals surface area contributed by atoms with Gasteiger partial charge in [0.25, 0.3) is 0 Å². The Morgan fingerprint density at radius 2 is 1.88 bits per heavy atom. The van der Waals surface area contributed by atoms with Gasteiger partial charge in [0.15, 0.2) is 0 Å². The fourth-order valence-corrected chi connectivity index (χ4v) is 3.78. The molecule has 2 nitrogen and oxygen atoms in total. The lowest BCUT2D eigenvalue weighted by Crippen LogP contribution is -2.43. The van der Waals surface area contributed by atoms with E-state index in [1.807, 2.05) is 0 Å². The van der Waals surface area contributed by atoms with Crippen molar-refractivity contribution < 1.29 is 0 Å². The molecule has 2 N–H and O–H groups in total. The normalized spacial score (nSPS) is 33.4. The van der Waals surface area contributed by atoms with Crippen LogP contribution in [-0.4, -0.2) is 30.6 Å². The monoisotopic (exact) mass is 224 g/mol. The van der Waals surface area contributed by atoms with Crippen LogP contribution in [0.15, 0.2) is 0 Å². The molecule has 0 aromatic heterocycles. The molecule has 2 atom stereocenters. The van der Waals surface area contributed by atoms with Crippen LogP contribution >= 0.6 is 0 Å². The van der Waals surface area contributed by atoms with Gasteiger partial charge in [0.1, 0.15) is 0 Å². The zero-order chi connectivity index (χ0) is 11.4. The van der Waals surface area contributed by atoms with E-state index in [1.165, 1.54) is 58.0 Å². The van der Waals surface area contributed by atoms with Gasteiger partial charge in [-0.05, 0) is 63.6 Å². The van der Waals surface area contributed by atoms with Crippen molar-refractivity contribution >= 4 is 0 Å². The number of nitrogens with zero attached hydrogens (tertiary/aromatic N) is 1. The van der Waals surface area contributed by atoms with E-state index >= 15 is 0 Å². The Balaban J connectivity index is 1.79. The summed E-state index contributed by atoms with van der Waals surface area (Å²) in [5.74, 6) is 1.91. The van der Waals surface area contributed by atoms with Gasteiger partial charge in [0.05, 0.1) is 0 Å². The Morgan fingerprint density at radius 3 is 2.50 bits per heavy atom. The molecule has 0 aromatic rings. The van der Waals surface area contributed by atoms with Gasteiger partial charge in [0.2, 0.25) is 0 Å². The predicted molar refractivity (Wildman–Crippen MR) is 69.4 cm³/mol. The summed E-state index contributed by atoms with van der Waals surface area (Å²) in [6, 6.07) is 0.920. The molecule has 2 heteroatoms. The first-order valence-electron chi connectivity index (χ1n) is 7.29. The first kappa shape index (κ1) is 12.4. The van der Waals surface area contributed by atoms with Crippen LogP contribution < -0.4 is 5.73 Å². The second-order valence-electron chi connectivity index (χ2n) is 5.72. The van der Waals surface area contributed by atoms with Crippen molar-refractivity contribution in [3.63, 3.8) is 0 Å². The van der Waals surface area contributed by atoms with Crippen molar-refractivity contribution in [2.45, 2.75) is 57.9 Å². The zero-order valence-corrected chi connectivity index (χ0v) is 10.8. The molecule has 1 heterocycles. The lowest BCUT2D eigenvalue weighted by atomic mass is 9.90. The highest BCUT2D eigenvalue weighted by Gasteiger charge is 2.32. The van der Waals surface area contributed by atoms with Crippen LogP contribution in [0.1, 0.15) is 51.9 Å². The number of rotatable bonds is 4. The Labute approximate surface area is 101 Å². The fraction of sp³-hybridized carbons (Fsp3) is 1.00. The summed E-state index contributed by atoms with van der Waals surface area (Å²) in [5.41, 5.74) is 5.65. The van der Waals surface area contributed by atoms with E-state index in [-0.39, 0.29) is 0 Å². The van der Waals surface area contributed by atoms with Gasteiger partial charge in [-0.1, -0.05) is 19.8 Å². The van der Waals surface area contributed by atoms with Gasteiger partial charge in [-0.3, -0.25) is 0 Å². The van der Waals surface area contributed by atoms with Crippen molar-refractivity contribution in [1.29, 1.82) is 0 Å². The van der Waals surface area contributed by atoms with Gasteiger partial charge >= 0.3 is 0 Å². The maximum Gasteiger partial charge on any atom is 0.0123 e. The summed E-state index contributed by atoms with van der Waals surface area (Å²) in [6.45, 7) is 5.92. The Kier molecular flexibility index (Phi) is 4.66. The number of hydrogen-bond acceptors (Lipinski definition) is 2. The number of piperidine rings is 1. The summed E-state index contributed by atoms with van der Waals surface area (Å²) in [6.07, 6.45) is 9.81. The Bertz CT molecular complexity index is 197. The fourth-order valence-electron chi connectivity index (χ4n) is 3.78. The van der Waals surface area contributed by atoms with Gasteiger partial charge in [-0.2, -0.15) is 0 Å². The second-order valence-corrected chi connectivity index (χ2v) is 5.72. The third kappa shape index (κ3) is 2.78. The lowest BCUT2D eigenvalue weighted by molar-refractivity contribution is 0.105. The highest BCUT2D eigenvalue weighted by molar-refractivity contribution is 4.87. The molecule has 1 aliphatic carbocycles. The van der Waals surface area contributed by atoms with Crippen LogP contribution in [0.3, 0.4) is 0 Å². The van der Waals surface area contributed by atoms with Crippen LogP contribution in [0.5, 0.6) is 0 Å². The molecule has 1 aliphatic heterocycles. The van der Waals surface area contributed by atoms with Crippen LogP contribution in [-0.2, 0) is 0 Å². The molecule has 2 unspecified atom stereocenters. The van der Waals surface area contributed by atoms with Crippen molar-refractivity contribution in [2.24, 2.45) is 17.6 Å². The van der Waals surface area contributed by atoms with Crippen LogP contribution in [0, 0.1) is 11.8 Å². The molecule has 2 rings (SSSR count). The van der Waals surface area contributed by atoms with E-state index in [9.17, 15) is 0 Å². The molecule has 0 aromatic carbocycles. The first-order chi connectivity index (χ1) is 7.85. The minimum Gasteiger partial charge on any atom is -0.330 e. The van der Waals surface area contributed by atoms with Gasteiger partial charge < -0.3 is 10.6 Å². The average molecular weight is 224 g/mol. The smallest absolute Gasteiger partial charge is 0.0123 e. The van der Waals surface area contributed by atoms with E-state index in [0.29, 0.717) is 0 Å². The van der Waals surface area contributed by atoms with E-state index in [0.717, 1.165) is 24.4 Å². The number of likely N-dealkylation sites (tertiary alicyclic amines) is 1. The van der Waals surface area contributed by atoms with Gasteiger partial charge in [0, 0.05) is 6.04 Å². The molecule has 0 radical (unpaired) electrons. The summed E-state index contributed by atoms with van der Waals surface area (Å²) in [4.78, 5) is 2.79. The van der Waals surface area contributed by atoms with Crippen molar-refractivity contribution in [3.05, 3.63) is 0 Å². The average Bonchev–Trinajstić information content (AvgIpc) is 2.78. The van der Waals surface area contributed by atoms with E-state index in [4.69, 9.17) is 5.73 Å². The van der Waals surface area contributed by atoms with Crippen molar-refractivity contribution in [1.82, 2.24) is 4.90 Å². The maximum atomic E-state index is 5.65. The topological polar surface area (TPSA) is 29.3 Å². The highest BCUT2D eigenvalue weighted by atomic mass is 15.2. The summed E-state index contributed by atoms with van der Waals surface area (Å²) in [7, 11) is 0. The lowest BCUT2D eigenvalue weighted by Gasteiger charge is -2.38. The van der Waals surface area contributed by atoms with E-state index in [1.54, 1.807) is 0 Å². The Hall–Kier alpha value is -0.0800. The molecule has 94 valence electrons. The molecule has 0 bridgehead atoms. The molecular weight excluding hydrogens is 196 g/mol. The molecule has 0 spiro atoms. The highest BCUT2D eigenvalue weighted by Crippen LogP contribution is 2.34. The maximum absolute atomic E-state index is 5.65. The van der Waals surface area contributed by atoms with Gasteiger partial charge in [-0.25, -0.2) is 0 Å². The van der Waals surface area contributed by atoms with Gasteiger partial charge in [-0.15, -0.1) is 0 Å². The van der Waals surface area contributed by atoms with Crippen molar-refractivity contribution in [2.75, 3.05) is 19.6 Å². The Morgan fingerprint density at radius 1 is 1.12 bits per heavy atom. The second kappa shape index (κ2) is 6.02. The molecule has 1 saturated heterocycles.